The highest BCUT2D eigenvalue weighted by atomic mass is 32.1. The monoisotopic (exact) mass is 496 g/mol. The Balaban J connectivity index is 0.00000353. The number of anilines is 1. The quantitative estimate of drug-likeness (QED) is 0.470. The zero-order valence-corrected chi connectivity index (χ0v) is 19.6. The molecule has 0 fully saturated rings. The summed E-state index contributed by atoms with van der Waals surface area (Å²) in [4.78, 5) is 24.9. The van der Waals surface area contributed by atoms with Crippen LogP contribution in [0.2, 0.25) is 0 Å². The first-order valence-corrected chi connectivity index (χ1v) is 10.3. The molecular weight excluding hydrogens is 465 g/mol. The largest absolute Gasteiger partial charge is 0.550 e. The highest BCUT2D eigenvalue weighted by Gasteiger charge is 2.19. The highest BCUT2D eigenvalue weighted by molar-refractivity contribution is 7.44. The number of rotatable bonds is 10. The predicted octanol–water partition coefficient (Wildman–Crippen LogP) is 1.97. The number of carbonyl (C=O) groups excluding carboxylic acids is 1. The SMILES string of the molecule is C.CON(C)c1nc(-c2ccc(F)cc2)c(/C=C/[C@@H](O)C[C@@H](O)CC(=O)[O-])c(C(C)C)n1.O=S. The number of carboxylic acids is 1. The van der Waals surface area contributed by atoms with Crippen molar-refractivity contribution >= 4 is 30.5 Å². The Labute approximate surface area is 204 Å². The Morgan fingerprint density at radius 3 is 2.32 bits per heavy atom. The van der Waals surface area contributed by atoms with Gasteiger partial charge >= 0.3 is 0 Å². The molecule has 0 saturated carbocycles. The van der Waals surface area contributed by atoms with Crippen LogP contribution >= 0.6 is 0 Å². The summed E-state index contributed by atoms with van der Waals surface area (Å²) >= 11 is 2.83. The van der Waals surface area contributed by atoms with Gasteiger partial charge in [0.1, 0.15) is 5.82 Å². The molecule has 2 N–H and O–H groups in total. The molecular formula is C23H31FN3O6S-. The molecule has 0 radical (unpaired) electrons. The third-order valence-electron chi connectivity index (χ3n) is 4.58. The van der Waals surface area contributed by atoms with Crippen LogP contribution in [0, 0.1) is 5.82 Å². The minimum absolute atomic E-state index is 0. The van der Waals surface area contributed by atoms with Crippen LogP contribution in [0.3, 0.4) is 0 Å². The van der Waals surface area contributed by atoms with Crippen LogP contribution in [0.4, 0.5) is 10.3 Å². The van der Waals surface area contributed by atoms with E-state index in [0.29, 0.717) is 28.5 Å². The van der Waals surface area contributed by atoms with Gasteiger partial charge in [-0.3, -0.25) is 4.84 Å². The van der Waals surface area contributed by atoms with Gasteiger partial charge in [-0.1, -0.05) is 33.4 Å². The number of aliphatic hydroxyl groups excluding tert-OH is 2. The Bertz CT molecular complexity index is 943. The molecule has 0 amide bonds. The topological polar surface area (TPSA) is 136 Å². The van der Waals surface area contributed by atoms with Crippen molar-refractivity contribution in [3.63, 3.8) is 0 Å². The van der Waals surface area contributed by atoms with Gasteiger partial charge in [-0.2, -0.15) is 4.21 Å². The van der Waals surface area contributed by atoms with Gasteiger partial charge in [0, 0.05) is 37.0 Å². The zero-order chi connectivity index (χ0) is 25.1. The number of aliphatic carboxylic acids is 1. The summed E-state index contributed by atoms with van der Waals surface area (Å²) in [6.45, 7) is 3.90. The third-order valence-corrected chi connectivity index (χ3v) is 4.58. The number of hydrogen-bond acceptors (Lipinski definition) is 10. The molecule has 0 saturated heterocycles. The van der Waals surface area contributed by atoms with Crippen molar-refractivity contribution < 1.29 is 33.6 Å². The van der Waals surface area contributed by atoms with Crippen molar-refractivity contribution in [1.82, 2.24) is 9.97 Å². The lowest BCUT2D eigenvalue weighted by Crippen LogP contribution is -2.29. The molecule has 0 aliphatic heterocycles. The first-order valence-electron chi connectivity index (χ1n) is 9.98. The minimum atomic E-state index is -1.39. The maximum Gasteiger partial charge on any atom is 0.250 e. The van der Waals surface area contributed by atoms with Crippen LogP contribution in [0.5, 0.6) is 0 Å². The van der Waals surface area contributed by atoms with E-state index in [4.69, 9.17) is 9.05 Å². The fourth-order valence-electron chi connectivity index (χ4n) is 2.97. The molecule has 2 atom stereocenters. The van der Waals surface area contributed by atoms with Gasteiger partial charge in [0.15, 0.2) is 12.5 Å². The fraction of sp³-hybridized carbons (Fsp3) is 0.435. The van der Waals surface area contributed by atoms with Crippen molar-refractivity contribution in [2.24, 2.45) is 0 Å². The summed E-state index contributed by atoms with van der Waals surface area (Å²) in [7, 11) is 3.14. The van der Waals surface area contributed by atoms with Crippen LogP contribution in [0.15, 0.2) is 30.3 Å². The molecule has 2 aromatic rings. The van der Waals surface area contributed by atoms with E-state index >= 15 is 0 Å². The predicted molar refractivity (Wildman–Crippen MR) is 127 cm³/mol. The number of aromatic nitrogens is 2. The van der Waals surface area contributed by atoms with E-state index in [0.717, 1.165) is 0 Å². The van der Waals surface area contributed by atoms with E-state index in [2.05, 4.69) is 22.5 Å². The molecule has 11 heteroatoms. The van der Waals surface area contributed by atoms with Crippen molar-refractivity contribution in [3.8, 4) is 11.3 Å². The van der Waals surface area contributed by atoms with Crippen LogP contribution in [0.1, 0.15) is 51.3 Å². The molecule has 0 aliphatic carbocycles. The molecule has 188 valence electrons. The maximum absolute atomic E-state index is 13.5. The van der Waals surface area contributed by atoms with Gasteiger partial charge in [0.05, 0.1) is 30.7 Å². The number of hydroxylamine groups is 1. The van der Waals surface area contributed by atoms with Crippen molar-refractivity contribution in [3.05, 3.63) is 47.4 Å². The molecule has 0 aliphatic rings. The van der Waals surface area contributed by atoms with E-state index in [1.807, 2.05) is 13.8 Å². The summed E-state index contributed by atoms with van der Waals surface area (Å²) in [5.74, 6) is -1.49. The number of aliphatic hydroxyl groups is 2. The lowest BCUT2D eigenvalue weighted by atomic mass is 9.97. The number of benzene rings is 1. The number of carbonyl (C=O) groups is 1. The smallest absolute Gasteiger partial charge is 0.250 e. The number of hydrogen-bond donors (Lipinski definition) is 2. The highest BCUT2D eigenvalue weighted by Crippen LogP contribution is 2.31. The summed E-state index contributed by atoms with van der Waals surface area (Å²) in [5, 5.41) is 31.9. The summed E-state index contributed by atoms with van der Waals surface area (Å²) in [6, 6.07) is 5.83. The molecule has 34 heavy (non-hydrogen) atoms. The van der Waals surface area contributed by atoms with Gasteiger partial charge in [0.2, 0.25) is 5.95 Å². The second-order valence-corrected chi connectivity index (χ2v) is 7.40. The van der Waals surface area contributed by atoms with Crippen molar-refractivity contribution in [2.45, 2.75) is 52.2 Å². The molecule has 9 nitrogen and oxygen atoms in total. The van der Waals surface area contributed by atoms with Crippen LogP contribution < -0.4 is 10.2 Å². The van der Waals surface area contributed by atoms with E-state index < -0.39 is 24.6 Å². The summed E-state index contributed by atoms with van der Waals surface area (Å²) in [6.07, 6.45) is -0.00354. The van der Waals surface area contributed by atoms with E-state index in [1.54, 1.807) is 25.3 Å². The van der Waals surface area contributed by atoms with Crippen LogP contribution in [0.25, 0.3) is 17.3 Å². The van der Waals surface area contributed by atoms with Crippen LogP contribution in [-0.2, 0) is 22.2 Å². The van der Waals surface area contributed by atoms with Crippen molar-refractivity contribution in [1.29, 1.82) is 0 Å². The average molecular weight is 497 g/mol. The van der Waals surface area contributed by atoms with E-state index in [-0.39, 0.29) is 25.6 Å². The Morgan fingerprint density at radius 1 is 1.24 bits per heavy atom. The molecule has 1 heterocycles. The van der Waals surface area contributed by atoms with Gasteiger partial charge in [-0.15, -0.1) is 0 Å². The average Bonchev–Trinajstić information content (AvgIpc) is 2.77. The molecule has 1 aromatic carbocycles. The lowest BCUT2D eigenvalue weighted by molar-refractivity contribution is -0.307. The maximum atomic E-state index is 13.5. The molecule has 2 rings (SSSR count). The zero-order valence-electron chi connectivity index (χ0n) is 18.8. The summed E-state index contributed by atoms with van der Waals surface area (Å²) < 4.78 is 21.3. The molecule has 1 aromatic heterocycles. The number of halogens is 1. The first-order chi connectivity index (χ1) is 15.6. The lowest BCUT2D eigenvalue weighted by Gasteiger charge is -2.20. The molecule has 0 bridgehead atoms. The number of nitrogens with zero attached hydrogens (tertiary/aromatic N) is 3. The van der Waals surface area contributed by atoms with Gasteiger partial charge in [-0.25, -0.2) is 19.4 Å². The van der Waals surface area contributed by atoms with Gasteiger partial charge < -0.3 is 20.1 Å². The second kappa shape index (κ2) is 15.1. The molecule has 0 unspecified atom stereocenters. The first kappa shape index (κ1) is 31.1. The van der Waals surface area contributed by atoms with Crippen LogP contribution in [-0.4, -0.2) is 56.7 Å². The molecule has 0 spiro atoms. The normalized spacial score (nSPS) is 12.5. The minimum Gasteiger partial charge on any atom is -0.550 e. The van der Waals surface area contributed by atoms with E-state index in [1.165, 1.54) is 30.4 Å². The third kappa shape index (κ3) is 9.18. The number of carboxylic acid groups (broad SMARTS) is 1. The standard InChI is InChI=1S/C22H28FN3O5.CH4.OS/c1-13(2)20-18(10-9-16(27)11-17(28)12-19(29)30)21(14-5-7-15(23)8-6-14)25-22(24-20)26(3)31-4;;1-2/h5-10,13,16-17,27-28H,11-12H2,1-4H3,(H,29,30);1H4;/p-1/b10-9+;;/t16-,17-;;/m1../s1. The van der Waals surface area contributed by atoms with Crippen molar-refractivity contribution in [2.75, 3.05) is 19.2 Å². The fourth-order valence-corrected chi connectivity index (χ4v) is 2.97. The second-order valence-electron chi connectivity index (χ2n) is 7.40. The Hall–Kier alpha value is -2.86. The van der Waals surface area contributed by atoms with Gasteiger partial charge in [0.25, 0.3) is 0 Å². The summed E-state index contributed by atoms with van der Waals surface area (Å²) in [5.41, 5.74) is 2.44. The Kier molecular flexibility index (Phi) is 13.8. The Morgan fingerprint density at radius 2 is 1.82 bits per heavy atom. The van der Waals surface area contributed by atoms with E-state index in [9.17, 15) is 24.5 Å². The van der Waals surface area contributed by atoms with Gasteiger partial charge in [-0.05, 0) is 30.2 Å².